The summed E-state index contributed by atoms with van der Waals surface area (Å²) in [5.74, 6) is 0.0136. The molecule has 1 heterocycles. The highest BCUT2D eigenvalue weighted by atomic mass is 16.2. The molecule has 1 aliphatic heterocycles. The first-order valence-electron chi connectivity index (χ1n) is 3.84. The first-order valence-corrected chi connectivity index (χ1v) is 3.84. The number of hydrogen-bond donors (Lipinski definition) is 2. The van der Waals surface area contributed by atoms with Gasteiger partial charge in [-0.05, 0) is 12.8 Å². The molecule has 1 saturated heterocycles. The largest absolute Gasteiger partial charge is 0.355 e. The minimum absolute atomic E-state index is 0.0136. The monoisotopic (exact) mass is 142 g/mol. The summed E-state index contributed by atoms with van der Waals surface area (Å²) in [5.41, 5.74) is 5.54. The zero-order chi connectivity index (χ0) is 7.40. The Morgan fingerprint density at radius 2 is 2.20 bits per heavy atom. The van der Waals surface area contributed by atoms with E-state index >= 15 is 0 Å². The molecule has 10 heavy (non-hydrogen) atoms. The first-order chi connectivity index (χ1) is 4.80. The van der Waals surface area contributed by atoms with E-state index in [0.717, 1.165) is 25.8 Å². The van der Waals surface area contributed by atoms with Gasteiger partial charge in [-0.1, -0.05) is 12.8 Å². The minimum Gasteiger partial charge on any atom is -0.355 e. The fourth-order valence-electron chi connectivity index (χ4n) is 1.14. The van der Waals surface area contributed by atoms with Crippen molar-refractivity contribution in [2.75, 3.05) is 6.54 Å². The normalized spacial score (nSPS) is 28.5. The van der Waals surface area contributed by atoms with Crippen LogP contribution in [0.3, 0.4) is 0 Å². The molecule has 0 aromatic rings. The number of carbonyl (C=O) groups is 1. The van der Waals surface area contributed by atoms with E-state index in [0.29, 0.717) is 0 Å². The second-order valence-corrected chi connectivity index (χ2v) is 2.75. The molecular formula is C7H14N2O. The van der Waals surface area contributed by atoms with Crippen LogP contribution in [0, 0.1) is 0 Å². The SMILES string of the molecule is NC1CCCCCNC1=O. The molecule has 0 spiro atoms. The third-order valence-electron chi connectivity index (χ3n) is 1.83. The molecule has 0 saturated carbocycles. The quantitative estimate of drug-likeness (QED) is 0.500. The summed E-state index contributed by atoms with van der Waals surface area (Å²) < 4.78 is 0. The molecule has 0 bridgehead atoms. The van der Waals surface area contributed by atoms with E-state index in [1.54, 1.807) is 0 Å². The van der Waals surface area contributed by atoms with Crippen molar-refractivity contribution in [3.63, 3.8) is 0 Å². The van der Waals surface area contributed by atoms with Crippen molar-refractivity contribution >= 4 is 5.91 Å². The summed E-state index contributed by atoms with van der Waals surface area (Å²) in [6.07, 6.45) is 4.22. The molecule has 1 unspecified atom stereocenters. The standard InChI is InChI=1S/C7H14N2O/c8-6-4-2-1-3-5-9-7(6)10/h6H,1-5,8H2,(H,9,10). The Kier molecular flexibility index (Phi) is 2.68. The van der Waals surface area contributed by atoms with Gasteiger partial charge >= 0.3 is 0 Å². The summed E-state index contributed by atoms with van der Waals surface area (Å²) in [6.45, 7) is 0.798. The highest BCUT2D eigenvalue weighted by molar-refractivity contribution is 5.81. The van der Waals surface area contributed by atoms with Gasteiger partial charge in [0, 0.05) is 6.54 Å². The Labute approximate surface area is 61.0 Å². The minimum atomic E-state index is -0.264. The van der Waals surface area contributed by atoms with Crippen LogP contribution >= 0.6 is 0 Å². The number of amides is 1. The third-order valence-corrected chi connectivity index (χ3v) is 1.83. The Morgan fingerprint density at radius 1 is 1.40 bits per heavy atom. The van der Waals surface area contributed by atoms with Crippen molar-refractivity contribution in [1.29, 1.82) is 0 Å². The topological polar surface area (TPSA) is 55.1 Å². The van der Waals surface area contributed by atoms with Crippen LogP contribution in [0.2, 0.25) is 0 Å². The predicted octanol–water partition coefficient (Wildman–Crippen LogP) is 0.00390. The van der Waals surface area contributed by atoms with Crippen molar-refractivity contribution in [2.24, 2.45) is 5.73 Å². The first kappa shape index (κ1) is 7.54. The molecule has 3 nitrogen and oxygen atoms in total. The Hall–Kier alpha value is -0.570. The van der Waals surface area contributed by atoms with E-state index in [1.165, 1.54) is 6.42 Å². The molecule has 0 aromatic carbocycles. The van der Waals surface area contributed by atoms with Crippen LogP contribution in [0.4, 0.5) is 0 Å². The maximum absolute atomic E-state index is 10.9. The van der Waals surface area contributed by atoms with Crippen molar-refractivity contribution in [3.8, 4) is 0 Å². The predicted molar refractivity (Wildman–Crippen MR) is 39.5 cm³/mol. The van der Waals surface area contributed by atoms with E-state index in [2.05, 4.69) is 5.32 Å². The van der Waals surface area contributed by atoms with Crippen LogP contribution in [-0.2, 0) is 4.79 Å². The van der Waals surface area contributed by atoms with Gasteiger partial charge in [-0.2, -0.15) is 0 Å². The van der Waals surface area contributed by atoms with Crippen LogP contribution in [0.25, 0.3) is 0 Å². The molecule has 1 rings (SSSR count). The third kappa shape index (κ3) is 1.99. The number of nitrogens with two attached hydrogens (primary N) is 1. The lowest BCUT2D eigenvalue weighted by Crippen LogP contribution is -2.41. The number of hydrogen-bond acceptors (Lipinski definition) is 2. The summed E-state index contributed by atoms with van der Waals surface area (Å²) in [5, 5.41) is 2.77. The van der Waals surface area contributed by atoms with Crippen LogP contribution in [-0.4, -0.2) is 18.5 Å². The average molecular weight is 142 g/mol. The van der Waals surface area contributed by atoms with Gasteiger partial charge in [-0.25, -0.2) is 0 Å². The van der Waals surface area contributed by atoms with Crippen molar-refractivity contribution in [1.82, 2.24) is 5.32 Å². The Bertz CT molecular complexity index is 125. The van der Waals surface area contributed by atoms with Gasteiger partial charge < -0.3 is 11.1 Å². The van der Waals surface area contributed by atoms with Gasteiger partial charge in [0.05, 0.1) is 6.04 Å². The average Bonchev–Trinajstić information content (AvgIpc) is 1.92. The molecule has 58 valence electrons. The van der Waals surface area contributed by atoms with Gasteiger partial charge in [0.2, 0.25) is 5.91 Å². The van der Waals surface area contributed by atoms with Gasteiger partial charge in [0.1, 0.15) is 0 Å². The van der Waals surface area contributed by atoms with Crippen LogP contribution in [0.5, 0.6) is 0 Å². The van der Waals surface area contributed by atoms with Crippen molar-refractivity contribution in [2.45, 2.75) is 31.7 Å². The fourth-order valence-corrected chi connectivity index (χ4v) is 1.14. The molecule has 1 atom stereocenters. The van der Waals surface area contributed by atoms with E-state index in [4.69, 9.17) is 5.73 Å². The highest BCUT2D eigenvalue weighted by Crippen LogP contribution is 2.04. The molecule has 0 aromatic heterocycles. The van der Waals surface area contributed by atoms with Gasteiger partial charge in [-0.15, -0.1) is 0 Å². The van der Waals surface area contributed by atoms with E-state index < -0.39 is 0 Å². The Morgan fingerprint density at radius 3 is 3.00 bits per heavy atom. The Balaban J connectivity index is 2.35. The molecule has 3 N–H and O–H groups in total. The maximum atomic E-state index is 10.9. The summed E-state index contributed by atoms with van der Waals surface area (Å²) >= 11 is 0. The lowest BCUT2D eigenvalue weighted by atomic mass is 10.1. The van der Waals surface area contributed by atoms with E-state index in [9.17, 15) is 4.79 Å². The lowest BCUT2D eigenvalue weighted by Gasteiger charge is -2.15. The summed E-state index contributed by atoms with van der Waals surface area (Å²) in [6, 6.07) is -0.264. The smallest absolute Gasteiger partial charge is 0.236 e. The molecule has 1 aliphatic rings. The van der Waals surface area contributed by atoms with Gasteiger partial charge in [0.25, 0.3) is 0 Å². The van der Waals surface area contributed by atoms with E-state index in [1.807, 2.05) is 0 Å². The highest BCUT2D eigenvalue weighted by Gasteiger charge is 2.13. The van der Waals surface area contributed by atoms with Gasteiger partial charge in [0.15, 0.2) is 0 Å². The molecule has 0 aliphatic carbocycles. The molecular weight excluding hydrogens is 128 g/mol. The lowest BCUT2D eigenvalue weighted by molar-refractivity contribution is -0.122. The molecule has 1 amide bonds. The summed E-state index contributed by atoms with van der Waals surface area (Å²) in [7, 11) is 0. The van der Waals surface area contributed by atoms with Crippen molar-refractivity contribution in [3.05, 3.63) is 0 Å². The second-order valence-electron chi connectivity index (χ2n) is 2.75. The number of rotatable bonds is 0. The zero-order valence-corrected chi connectivity index (χ0v) is 6.10. The van der Waals surface area contributed by atoms with Gasteiger partial charge in [-0.3, -0.25) is 4.79 Å². The fraction of sp³-hybridized carbons (Fsp3) is 0.857. The van der Waals surface area contributed by atoms with Crippen LogP contribution < -0.4 is 11.1 Å². The molecule has 1 fully saturated rings. The molecule has 3 heteroatoms. The second kappa shape index (κ2) is 3.56. The number of nitrogens with one attached hydrogen (secondary N) is 1. The van der Waals surface area contributed by atoms with E-state index in [-0.39, 0.29) is 11.9 Å². The van der Waals surface area contributed by atoms with Crippen molar-refractivity contribution < 1.29 is 4.79 Å². The zero-order valence-electron chi connectivity index (χ0n) is 6.10. The van der Waals surface area contributed by atoms with Crippen LogP contribution in [0.1, 0.15) is 25.7 Å². The summed E-state index contributed by atoms with van der Waals surface area (Å²) in [4.78, 5) is 10.9. The van der Waals surface area contributed by atoms with Crippen LogP contribution in [0.15, 0.2) is 0 Å². The maximum Gasteiger partial charge on any atom is 0.236 e. The number of carbonyl (C=O) groups excluding carboxylic acids is 1. The molecule has 0 radical (unpaired) electrons.